The molecule has 19 heavy (non-hydrogen) atoms. The monoisotopic (exact) mass is 329 g/mol. The highest BCUT2D eigenvalue weighted by Gasteiger charge is 2.32. The zero-order chi connectivity index (χ0) is 13.8. The summed E-state index contributed by atoms with van der Waals surface area (Å²) in [6, 6.07) is 7.37. The van der Waals surface area contributed by atoms with E-state index < -0.39 is 12.2 Å². The molecule has 0 spiro atoms. The van der Waals surface area contributed by atoms with Gasteiger partial charge < -0.3 is 19.8 Å². The first-order valence-electron chi connectivity index (χ1n) is 6.08. The van der Waals surface area contributed by atoms with Crippen LogP contribution in [-0.4, -0.2) is 52.9 Å². The maximum atomic E-state index is 11.8. The Hall–Kier alpha value is -1.11. The molecule has 5 nitrogen and oxygen atoms in total. The van der Waals surface area contributed by atoms with Gasteiger partial charge in [-0.2, -0.15) is 0 Å². The third-order valence-corrected chi connectivity index (χ3v) is 3.54. The molecule has 0 unspecified atom stereocenters. The zero-order valence-corrected chi connectivity index (χ0v) is 11.9. The number of carbonyl (C=O) groups is 1. The molecule has 2 rings (SSSR count). The van der Waals surface area contributed by atoms with Gasteiger partial charge in [0.15, 0.2) is 0 Å². The van der Waals surface area contributed by atoms with Gasteiger partial charge in [0.2, 0.25) is 5.91 Å². The molecule has 2 atom stereocenters. The third kappa shape index (κ3) is 3.92. The van der Waals surface area contributed by atoms with E-state index in [9.17, 15) is 15.0 Å². The fourth-order valence-corrected chi connectivity index (χ4v) is 2.18. The van der Waals surface area contributed by atoms with E-state index in [0.29, 0.717) is 5.75 Å². The molecular weight excluding hydrogens is 314 g/mol. The van der Waals surface area contributed by atoms with Crippen LogP contribution in [0.1, 0.15) is 6.42 Å². The molecule has 0 bridgehead atoms. The first-order chi connectivity index (χ1) is 9.06. The lowest BCUT2D eigenvalue weighted by molar-refractivity contribution is -0.131. The van der Waals surface area contributed by atoms with Gasteiger partial charge in [-0.15, -0.1) is 0 Å². The number of ether oxygens (including phenoxy) is 1. The summed E-state index contributed by atoms with van der Waals surface area (Å²) in [6.07, 6.45) is -1.44. The van der Waals surface area contributed by atoms with Gasteiger partial charge in [0.05, 0.1) is 25.2 Å². The predicted molar refractivity (Wildman–Crippen MR) is 72.8 cm³/mol. The Bertz CT molecular complexity index is 427. The maximum Gasteiger partial charge on any atom is 0.226 e. The number of aliphatic hydroxyl groups excluding tert-OH is 2. The van der Waals surface area contributed by atoms with Crippen LogP contribution < -0.4 is 4.74 Å². The van der Waals surface area contributed by atoms with Crippen LogP contribution in [0.2, 0.25) is 0 Å². The Morgan fingerprint density at radius 2 is 1.84 bits per heavy atom. The molecule has 1 aromatic carbocycles. The Kier molecular flexibility index (Phi) is 4.79. The van der Waals surface area contributed by atoms with Gasteiger partial charge in [0, 0.05) is 17.6 Å². The van der Waals surface area contributed by atoms with E-state index in [1.807, 2.05) is 24.3 Å². The highest BCUT2D eigenvalue weighted by Crippen LogP contribution is 2.16. The van der Waals surface area contributed by atoms with Crippen molar-refractivity contribution in [1.29, 1.82) is 0 Å². The number of hydrogen-bond acceptors (Lipinski definition) is 4. The van der Waals surface area contributed by atoms with Crippen LogP contribution >= 0.6 is 15.9 Å². The van der Waals surface area contributed by atoms with Crippen molar-refractivity contribution in [2.45, 2.75) is 18.6 Å². The van der Waals surface area contributed by atoms with E-state index in [1.165, 1.54) is 4.90 Å². The number of nitrogens with zero attached hydrogens (tertiary/aromatic N) is 1. The molecule has 1 aromatic rings. The van der Waals surface area contributed by atoms with Gasteiger partial charge in [0.1, 0.15) is 5.75 Å². The van der Waals surface area contributed by atoms with E-state index in [4.69, 9.17) is 4.74 Å². The largest absolute Gasteiger partial charge is 0.493 e. The molecule has 6 heteroatoms. The summed E-state index contributed by atoms with van der Waals surface area (Å²) in [5, 5.41) is 18.7. The lowest BCUT2D eigenvalue weighted by Crippen LogP contribution is -2.30. The van der Waals surface area contributed by atoms with Crippen LogP contribution in [0.25, 0.3) is 0 Å². The van der Waals surface area contributed by atoms with Gasteiger partial charge in [-0.25, -0.2) is 0 Å². The molecular formula is C13H16BrNO4. The molecule has 1 aliphatic heterocycles. The summed E-state index contributed by atoms with van der Waals surface area (Å²) >= 11 is 3.33. The van der Waals surface area contributed by atoms with Crippen molar-refractivity contribution in [1.82, 2.24) is 4.90 Å². The standard InChI is InChI=1S/C13H16BrNO4/c14-9-1-3-10(4-2-9)19-6-5-13(18)15-7-11(16)12(17)8-15/h1-4,11-12,16-17H,5-8H2/t11-,12+. The van der Waals surface area contributed by atoms with Crippen molar-refractivity contribution in [3.05, 3.63) is 28.7 Å². The van der Waals surface area contributed by atoms with E-state index >= 15 is 0 Å². The highest BCUT2D eigenvalue weighted by atomic mass is 79.9. The smallest absolute Gasteiger partial charge is 0.226 e. The molecule has 1 heterocycles. The lowest BCUT2D eigenvalue weighted by Gasteiger charge is -2.15. The van der Waals surface area contributed by atoms with Crippen molar-refractivity contribution in [2.24, 2.45) is 0 Å². The summed E-state index contributed by atoms with van der Waals surface area (Å²) in [5.74, 6) is 0.588. The van der Waals surface area contributed by atoms with Crippen LogP contribution in [0, 0.1) is 0 Å². The first-order valence-corrected chi connectivity index (χ1v) is 6.88. The molecule has 1 fully saturated rings. The number of likely N-dealkylation sites (tertiary alicyclic amines) is 1. The number of benzene rings is 1. The minimum atomic E-state index is -0.837. The van der Waals surface area contributed by atoms with E-state index in [0.717, 1.165) is 4.47 Å². The average Bonchev–Trinajstić information content (AvgIpc) is 2.72. The summed E-state index contributed by atoms with van der Waals surface area (Å²) in [5.41, 5.74) is 0. The maximum absolute atomic E-state index is 11.8. The summed E-state index contributed by atoms with van der Waals surface area (Å²) in [4.78, 5) is 13.3. The second-order valence-corrected chi connectivity index (χ2v) is 5.40. The third-order valence-electron chi connectivity index (χ3n) is 3.01. The number of β-amino-alcohol motifs (C(OH)–C–C–N with tert-alkyl or cyclic N) is 2. The summed E-state index contributed by atoms with van der Waals surface area (Å²) in [7, 11) is 0. The van der Waals surface area contributed by atoms with Crippen LogP contribution in [-0.2, 0) is 4.79 Å². The quantitative estimate of drug-likeness (QED) is 0.856. The van der Waals surface area contributed by atoms with Gasteiger partial charge in [-0.1, -0.05) is 15.9 Å². The molecule has 0 radical (unpaired) electrons. The number of rotatable bonds is 4. The van der Waals surface area contributed by atoms with Crippen molar-refractivity contribution in [3.8, 4) is 5.75 Å². The first kappa shape index (κ1) is 14.3. The number of carbonyl (C=O) groups excluding carboxylic acids is 1. The van der Waals surface area contributed by atoms with Crippen LogP contribution in [0.3, 0.4) is 0 Å². The minimum absolute atomic E-state index is 0.118. The second-order valence-electron chi connectivity index (χ2n) is 4.49. The fraction of sp³-hybridized carbons (Fsp3) is 0.462. The van der Waals surface area contributed by atoms with Gasteiger partial charge in [-0.3, -0.25) is 4.79 Å². The van der Waals surface area contributed by atoms with Gasteiger partial charge in [0.25, 0.3) is 0 Å². The van der Waals surface area contributed by atoms with Crippen molar-refractivity contribution < 1.29 is 19.7 Å². The average molecular weight is 330 g/mol. The molecule has 1 amide bonds. The Balaban J connectivity index is 1.74. The molecule has 0 saturated carbocycles. The van der Waals surface area contributed by atoms with Gasteiger partial charge >= 0.3 is 0 Å². The zero-order valence-electron chi connectivity index (χ0n) is 10.3. The highest BCUT2D eigenvalue weighted by molar-refractivity contribution is 9.10. The van der Waals surface area contributed by atoms with E-state index in [-0.39, 0.29) is 32.0 Å². The van der Waals surface area contributed by atoms with E-state index in [2.05, 4.69) is 15.9 Å². The normalized spacial score (nSPS) is 22.6. The fourth-order valence-electron chi connectivity index (χ4n) is 1.92. The Morgan fingerprint density at radius 1 is 1.26 bits per heavy atom. The molecule has 1 saturated heterocycles. The number of aliphatic hydroxyl groups is 2. The van der Waals surface area contributed by atoms with Crippen LogP contribution in [0.5, 0.6) is 5.75 Å². The van der Waals surface area contributed by atoms with Crippen LogP contribution in [0.15, 0.2) is 28.7 Å². The second kappa shape index (κ2) is 6.36. The Labute approximate surface area is 119 Å². The summed E-state index contributed by atoms with van der Waals surface area (Å²) < 4.78 is 6.42. The topological polar surface area (TPSA) is 70.0 Å². The molecule has 0 aliphatic carbocycles. The number of amides is 1. The Morgan fingerprint density at radius 3 is 2.42 bits per heavy atom. The van der Waals surface area contributed by atoms with Crippen molar-refractivity contribution in [3.63, 3.8) is 0 Å². The molecule has 1 aliphatic rings. The van der Waals surface area contributed by atoms with Crippen LogP contribution in [0.4, 0.5) is 0 Å². The van der Waals surface area contributed by atoms with Crippen molar-refractivity contribution in [2.75, 3.05) is 19.7 Å². The molecule has 0 aromatic heterocycles. The number of halogens is 1. The lowest BCUT2D eigenvalue weighted by atomic mass is 10.3. The minimum Gasteiger partial charge on any atom is -0.493 e. The number of hydrogen-bond donors (Lipinski definition) is 2. The molecule has 104 valence electrons. The van der Waals surface area contributed by atoms with Crippen molar-refractivity contribution >= 4 is 21.8 Å². The van der Waals surface area contributed by atoms with Gasteiger partial charge in [-0.05, 0) is 24.3 Å². The summed E-state index contributed by atoms with van der Waals surface area (Å²) in [6.45, 7) is 0.666. The molecule has 2 N–H and O–H groups in total. The van der Waals surface area contributed by atoms with E-state index in [1.54, 1.807) is 0 Å². The SMILES string of the molecule is O=C(CCOc1ccc(Br)cc1)N1C[C@@H](O)[C@@H](O)C1. The predicted octanol–water partition coefficient (Wildman–Crippen LogP) is 0.782.